The summed E-state index contributed by atoms with van der Waals surface area (Å²) >= 11 is 0. The molecule has 3 aromatic rings. The Balaban J connectivity index is 2.08. The molecule has 0 unspecified atom stereocenters. The first-order valence-electron chi connectivity index (χ1n) is 6.20. The third-order valence-corrected chi connectivity index (χ3v) is 3.16. The second kappa shape index (κ2) is 4.61. The zero-order valence-electron chi connectivity index (χ0n) is 10.7. The molecule has 0 spiro atoms. The molecule has 0 saturated carbocycles. The lowest BCUT2D eigenvalue weighted by Crippen LogP contribution is -1.97. The number of fused-ring (bicyclic) bond motifs is 1. The standard InChI is InChI=1S/C16H15N3/c1-11-5-6-14(17)16(9-11)19-15-4-2-3-12-10-18-8-7-13(12)15/h2-10,19H,17H2,1H3. The van der Waals surface area contributed by atoms with Crippen LogP contribution in [-0.4, -0.2) is 4.98 Å². The molecule has 2 aromatic carbocycles. The van der Waals surface area contributed by atoms with Crippen LogP contribution in [0.2, 0.25) is 0 Å². The zero-order chi connectivity index (χ0) is 13.2. The van der Waals surface area contributed by atoms with Crippen LogP contribution in [0.4, 0.5) is 17.1 Å². The first-order chi connectivity index (χ1) is 9.24. The minimum Gasteiger partial charge on any atom is -0.397 e. The van der Waals surface area contributed by atoms with E-state index in [1.54, 1.807) is 6.20 Å². The number of pyridine rings is 1. The highest BCUT2D eigenvalue weighted by molar-refractivity contribution is 5.95. The topological polar surface area (TPSA) is 50.9 Å². The lowest BCUT2D eigenvalue weighted by atomic mass is 10.1. The highest BCUT2D eigenvalue weighted by Gasteiger charge is 2.03. The number of hydrogen-bond donors (Lipinski definition) is 2. The van der Waals surface area contributed by atoms with Crippen LogP contribution >= 0.6 is 0 Å². The molecule has 0 aliphatic carbocycles. The minimum atomic E-state index is 0.747. The van der Waals surface area contributed by atoms with Crippen molar-refractivity contribution in [2.75, 3.05) is 11.1 Å². The summed E-state index contributed by atoms with van der Waals surface area (Å²) in [7, 11) is 0. The maximum absolute atomic E-state index is 6.01. The second-order valence-electron chi connectivity index (χ2n) is 4.62. The molecule has 0 fully saturated rings. The van der Waals surface area contributed by atoms with Crippen molar-refractivity contribution in [3.05, 3.63) is 60.4 Å². The number of aryl methyl sites for hydroxylation is 1. The Hall–Kier alpha value is -2.55. The first-order valence-corrected chi connectivity index (χ1v) is 6.20. The van der Waals surface area contributed by atoms with Gasteiger partial charge in [-0.3, -0.25) is 4.98 Å². The summed E-state index contributed by atoms with van der Waals surface area (Å²) in [5.41, 5.74) is 9.91. The number of nitrogens with one attached hydrogen (secondary N) is 1. The average Bonchev–Trinajstić information content (AvgIpc) is 2.43. The summed E-state index contributed by atoms with van der Waals surface area (Å²) in [6, 6.07) is 14.1. The van der Waals surface area contributed by atoms with Crippen LogP contribution in [0.25, 0.3) is 10.8 Å². The quantitative estimate of drug-likeness (QED) is 0.678. The van der Waals surface area contributed by atoms with Crippen LogP contribution in [0.1, 0.15) is 5.56 Å². The van der Waals surface area contributed by atoms with E-state index in [-0.39, 0.29) is 0 Å². The fraction of sp³-hybridized carbons (Fsp3) is 0.0625. The van der Waals surface area contributed by atoms with Crippen molar-refractivity contribution in [1.29, 1.82) is 0 Å². The lowest BCUT2D eigenvalue weighted by Gasteiger charge is -2.12. The van der Waals surface area contributed by atoms with Crippen molar-refractivity contribution >= 4 is 27.8 Å². The van der Waals surface area contributed by atoms with E-state index >= 15 is 0 Å². The Labute approximate surface area is 112 Å². The molecule has 19 heavy (non-hydrogen) atoms. The van der Waals surface area contributed by atoms with Crippen LogP contribution in [-0.2, 0) is 0 Å². The Bertz CT molecular complexity index is 730. The van der Waals surface area contributed by atoms with E-state index in [2.05, 4.69) is 23.3 Å². The second-order valence-corrected chi connectivity index (χ2v) is 4.62. The maximum Gasteiger partial charge on any atom is 0.0620 e. The van der Waals surface area contributed by atoms with Crippen molar-refractivity contribution in [2.45, 2.75) is 6.92 Å². The lowest BCUT2D eigenvalue weighted by molar-refractivity contribution is 1.36. The molecule has 0 atom stereocenters. The molecule has 3 N–H and O–H groups in total. The highest BCUT2D eigenvalue weighted by Crippen LogP contribution is 2.29. The predicted molar refractivity (Wildman–Crippen MR) is 80.6 cm³/mol. The van der Waals surface area contributed by atoms with E-state index in [1.165, 1.54) is 5.56 Å². The third-order valence-electron chi connectivity index (χ3n) is 3.16. The van der Waals surface area contributed by atoms with Gasteiger partial charge >= 0.3 is 0 Å². The molecule has 1 aromatic heterocycles. The van der Waals surface area contributed by atoms with E-state index in [9.17, 15) is 0 Å². The van der Waals surface area contributed by atoms with Gasteiger partial charge in [-0.05, 0) is 36.8 Å². The van der Waals surface area contributed by atoms with E-state index in [4.69, 9.17) is 5.73 Å². The molecule has 0 bridgehead atoms. The van der Waals surface area contributed by atoms with Gasteiger partial charge in [0.25, 0.3) is 0 Å². The van der Waals surface area contributed by atoms with Gasteiger partial charge in [-0.25, -0.2) is 0 Å². The van der Waals surface area contributed by atoms with Gasteiger partial charge in [0.15, 0.2) is 0 Å². The number of rotatable bonds is 2. The molecule has 3 rings (SSSR count). The van der Waals surface area contributed by atoms with Crippen LogP contribution < -0.4 is 11.1 Å². The number of nitrogens with zero attached hydrogens (tertiary/aromatic N) is 1. The van der Waals surface area contributed by atoms with Gasteiger partial charge in [-0.1, -0.05) is 18.2 Å². The van der Waals surface area contributed by atoms with Crippen molar-refractivity contribution in [1.82, 2.24) is 4.98 Å². The van der Waals surface area contributed by atoms with Gasteiger partial charge in [-0.2, -0.15) is 0 Å². The summed E-state index contributed by atoms with van der Waals surface area (Å²) in [4.78, 5) is 4.14. The molecule has 0 radical (unpaired) electrons. The molecule has 1 heterocycles. The smallest absolute Gasteiger partial charge is 0.0620 e. The van der Waals surface area contributed by atoms with E-state index < -0.39 is 0 Å². The number of hydrogen-bond acceptors (Lipinski definition) is 3. The molecule has 3 heteroatoms. The van der Waals surface area contributed by atoms with Gasteiger partial charge in [-0.15, -0.1) is 0 Å². The van der Waals surface area contributed by atoms with Crippen molar-refractivity contribution in [3.8, 4) is 0 Å². The van der Waals surface area contributed by atoms with Gasteiger partial charge in [0.2, 0.25) is 0 Å². The average molecular weight is 249 g/mol. The van der Waals surface area contributed by atoms with Crippen molar-refractivity contribution in [2.24, 2.45) is 0 Å². The number of anilines is 3. The van der Waals surface area contributed by atoms with E-state index in [1.807, 2.05) is 42.6 Å². The SMILES string of the molecule is Cc1ccc(N)c(Nc2cccc3cnccc23)c1. The molecule has 0 saturated heterocycles. The summed E-state index contributed by atoms with van der Waals surface area (Å²) in [6.45, 7) is 2.05. The van der Waals surface area contributed by atoms with Gasteiger partial charge in [0.05, 0.1) is 11.4 Å². The maximum atomic E-state index is 6.01. The Morgan fingerprint density at radius 1 is 1.05 bits per heavy atom. The number of nitrogen functional groups attached to an aromatic ring is 1. The predicted octanol–water partition coefficient (Wildman–Crippen LogP) is 3.87. The molecule has 0 aliphatic heterocycles. The third kappa shape index (κ3) is 2.22. The van der Waals surface area contributed by atoms with Crippen LogP contribution in [0.3, 0.4) is 0 Å². The summed E-state index contributed by atoms with van der Waals surface area (Å²) < 4.78 is 0. The van der Waals surface area contributed by atoms with Gasteiger partial charge < -0.3 is 11.1 Å². The van der Waals surface area contributed by atoms with Crippen LogP contribution in [0.15, 0.2) is 54.9 Å². The molecular weight excluding hydrogens is 234 g/mol. The Morgan fingerprint density at radius 2 is 1.95 bits per heavy atom. The first kappa shape index (κ1) is 11.5. The Kier molecular flexibility index (Phi) is 2.80. The summed E-state index contributed by atoms with van der Waals surface area (Å²) in [5, 5.41) is 5.65. The van der Waals surface area contributed by atoms with Gasteiger partial charge in [0, 0.05) is 28.9 Å². The summed E-state index contributed by atoms with van der Waals surface area (Å²) in [6.07, 6.45) is 3.66. The molecule has 0 amide bonds. The van der Waals surface area contributed by atoms with Crippen molar-refractivity contribution < 1.29 is 0 Å². The van der Waals surface area contributed by atoms with E-state index in [0.29, 0.717) is 0 Å². The Morgan fingerprint density at radius 3 is 2.84 bits per heavy atom. The highest BCUT2D eigenvalue weighted by atomic mass is 14.9. The van der Waals surface area contributed by atoms with E-state index in [0.717, 1.165) is 27.8 Å². The van der Waals surface area contributed by atoms with Crippen molar-refractivity contribution in [3.63, 3.8) is 0 Å². The fourth-order valence-electron chi connectivity index (χ4n) is 2.16. The fourth-order valence-corrected chi connectivity index (χ4v) is 2.16. The largest absolute Gasteiger partial charge is 0.397 e. The molecule has 3 nitrogen and oxygen atoms in total. The normalized spacial score (nSPS) is 10.6. The molecule has 0 aliphatic rings. The number of benzene rings is 2. The number of nitrogens with two attached hydrogens (primary N) is 1. The molecular formula is C16H15N3. The number of aromatic nitrogens is 1. The van der Waals surface area contributed by atoms with Crippen LogP contribution in [0.5, 0.6) is 0 Å². The van der Waals surface area contributed by atoms with Gasteiger partial charge in [0.1, 0.15) is 0 Å². The molecule has 94 valence electrons. The monoisotopic (exact) mass is 249 g/mol. The minimum absolute atomic E-state index is 0.747. The zero-order valence-corrected chi connectivity index (χ0v) is 10.7. The van der Waals surface area contributed by atoms with Crippen LogP contribution in [0, 0.1) is 6.92 Å². The summed E-state index contributed by atoms with van der Waals surface area (Å²) in [5.74, 6) is 0.